The Morgan fingerprint density at radius 1 is 1.33 bits per heavy atom. The van der Waals surface area contributed by atoms with Gasteiger partial charge in [-0.2, -0.15) is 5.26 Å². The minimum absolute atomic E-state index is 0.652. The van der Waals surface area contributed by atoms with E-state index >= 15 is 0 Å². The third-order valence-electron chi connectivity index (χ3n) is 4.48. The van der Waals surface area contributed by atoms with E-state index in [0.29, 0.717) is 0 Å². The smallest absolute Gasteiger partial charge is 0.101 e. The highest BCUT2D eigenvalue weighted by atomic mass is 15.1. The zero-order valence-electron chi connectivity index (χ0n) is 12.3. The van der Waals surface area contributed by atoms with Gasteiger partial charge in [-0.05, 0) is 65.0 Å². The molecule has 0 saturated heterocycles. The molecular weight excluding hydrogens is 222 g/mol. The van der Waals surface area contributed by atoms with Crippen molar-refractivity contribution in [1.82, 2.24) is 4.90 Å². The van der Waals surface area contributed by atoms with Crippen molar-refractivity contribution in [3.8, 4) is 6.07 Å². The molecule has 1 aliphatic rings. The fourth-order valence-corrected chi connectivity index (χ4v) is 2.93. The molecule has 1 unspecified atom stereocenters. The fraction of sp³-hybridized carbons (Fsp3) is 0.933. The van der Waals surface area contributed by atoms with Crippen molar-refractivity contribution in [1.29, 1.82) is 5.26 Å². The van der Waals surface area contributed by atoms with Gasteiger partial charge in [-0.15, -0.1) is 0 Å². The van der Waals surface area contributed by atoms with Gasteiger partial charge in [0.25, 0.3) is 0 Å². The molecule has 3 nitrogen and oxygen atoms in total. The quantitative estimate of drug-likeness (QED) is 0.789. The number of nitriles is 1. The molecule has 2 N–H and O–H groups in total. The SMILES string of the molecule is CCC1CCC(N(C)CCCC(C)(N)C#N)CC1. The maximum absolute atomic E-state index is 8.88. The Morgan fingerprint density at radius 2 is 1.94 bits per heavy atom. The minimum atomic E-state index is -0.652. The van der Waals surface area contributed by atoms with Gasteiger partial charge in [-0.1, -0.05) is 13.3 Å². The summed E-state index contributed by atoms with van der Waals surface area (Å²) in [4.78, 5) is 2.47. The van der Waals surface area contributed by atoms with Crippen molar-refractivity contribution < 1.29 is 0 Å². The van der Waals surface area contributed by atoms with Gasteiger partial charge in [0.05, 0.1) is 6.07 Å². The van der Waals surface area contributed by atoms with E-state index in [2.05, 4.69) is 24.9 Å². The van der Waals surface area contributed by atoms with E-state index in [0.717, 1.165) is 31.3 Å². The van der Waals surface area contributed by atoms with Crippen molar-refractivity contribution in [3.05, 3.63) is 0 Å². The molecule has 3 heteroatoms. The molecule has 0 aromatic rings. The molecule has 1 rings (SSSR count). The van der Waals surface area contributed by atoms with Crippen LogP contribution in [0.15, 0.2) is 0 Å². The summed E-state index contributed by atoms with van der Waals surface area (Å²) in [7, 11) is 2.22. The molecule has 18 heavy (non-hydrogen) atoms. The maximum atomic E-state index is 8.88. The standard InChI is InChI=1S/C15H29N3/c1-4-13-6-8-14(9-7-13)18(3)11-5-10-15(2,17)12-16/h13-14H,4-11,17H2,1-3H3. The van der Waals surface area contributed by atoms with Crippen LogP contribution in [0.4, 0.5) is 0 Å². The predicted molar refractivity (Wildman–Crippen MR) is 76.1 cm³/mol. The zero-order chi connectivity index (χ0) is 13.6. The van der Waals surface area contributed by atoms with Crippen molar-refractivity contribution >= 4 is 0 Å². The first-order valence-electron chi connectivity index (χ1n) is 7.39. The largest absolute Gasteiger partial charge is 0.314 e. The summed E-state index contributed by atoms with van der Waals surface area (Å²) < 4.78 is 0. The van der Waals surface area contributed by atoms with Gasteiger partial charge in [0.1, 0.15) is 5.54 Å². The third-order valence-corrected chi connectivity index (χ3v) is 4.48. The van der Waals surface area contributed by atoms with Crippen LogP contribution in [0.25, 0.3) is 0 Å². The zero-order valence-corrected chi connectivity index (χ0v) is 12.3. The molecule has 0 spiro atoms. The lowest BCUT2D eigenvalue weighted by Gasteiger charge is -2.34. The Bertz CT molecular complexity index is 272. The van der Waals surface area contributed by atoms with Crippen LogP contribution in [0, 0.1) is 17.2 Å². The van der Waals surface area contributed by atoms with Gasteiger partial charge in [0.15, 0.2) is 0 Å². The van der Waals surface area contributed by atoms with Gasteiger partial charge in [0.2, 0.25) is 0 Å². The first kappa shape index (κ1) is 15.5. The number of rotatable bonds is 6. The maximum Gasteiger partial charge on any atom is 0.101 e. The van der Waals surface area contributed by atoms with Crippen molar-refractivity contribution in [3.63, 3.8) is 0 Å². The second-order valence-corrected chi connectivity index (χ2v) is 6.20. The van der Waals surface area contributed by atoms with Crippen LogP contribution >= 0.6 is 0 Å². The predicted octanol–water partition coefficient (Wildman–Crippen LogP) is 2.91. The molecule has 0 aliphatic heterocycles. The molecule has 0 aromatic carbocycles. The monoisotopic (exact) mass is 251 g/mol. The van der Waals surface area contributed by atoms with Gasteiger partial charge >= 0.3 is 0 Å². The summed E-state index contributed by atoms with van der Waals surface area (Å²) in [6.45, 7) is 5.19. The molecule has 0 bridgehead atoms. The highest BCUT2D eigenvalue weighted by molar-refractivity contribution is 5.00. The number of nitrogens with zero attached hydrogens (tertiary/aromatic N) is 2. The van der Waals surface area contributed by atoms with E-state index in [-0.39, 0.29) is 0 Å². The van der Waals surface area contributed by atoms with Crippen LogP contribution in [-0.2, 0) is 0 Å². The summed E-state index contributed by atoms with van der Waals surface area (Å²) in [5.41, 5.74) is 5.19. The second kappa shape index (κ2) is 7.11. The highest BCUT2D eigenvalue weighted by Crippen LogP contribution is 2.29. The van der Waals surface area contributed by atoms with E-state index in [1.165, 1.54) is 32.1 Å². The lowest BCUT2D eigenvalue weighted by molar-refractivity contribution is 0.160. The summed E-state index contributed by atoms with van der Waals surface area (Å²) in [5, 5.41) is 8.88. The number of hydrogen-bond acceptors (Lipinski definition) is 3. The van der Waals surface area contributed by atoms with Crippen LogP contribution in [0.2, 0.25) is 0 Å². The molecule has 104 valence electrons. The van der Waals surface area contributed by atoms with Gasteiger partial charge in [-0.25, -0.2) is 0 Å². The fourth-order valence-electron chi connectivity index (χ4n) is 2.93. The molecule has 0 heterocycles. The summed E-state index contributed by atoms with van der Waals surface area (Å²) >= 11 is 0. The third kappa shape index (κ3) is 4.96. The van der Waals surface area contributed by atoms with Crippen LogP contribution in [0.5, 0.6) is 0 Å². The molecule has 1 aliphatic carbocycles. The van der Waals surface area contributed by atoms with Crippen LogP contribution in [-0.4, -0.2) is 30.1 Å². The Kier molecular flexibility index (Phi) is 6.11. The lowest BCUT2D eigenvalue weighted by atomic mass is 9.84. The van der Waals surface area contributed by atoms with Crippen molar-refractivity contribution in [2.45, 2.75) is 70.4 Å². The van der Waals surface area contributed by atoms with Gasteiger partial charge in [0, 0.05) is 6.04 Å². The first-order valence-corrected chi connectivity index (χ1v) is 7.39. The van der Waals surface area contributed by atoms with Crippen molar-refractivity contribution in [2.24, 2.45) is 11.7 Å². The lowest BCUT2D eigenvalue weighted by Crippen LogP contribution is -2.38. The molecule has 0 aromatic heterocycles. The van der Waals surface area contributed by atoms with E-state index in [1.807, 2.05) is 6.92 Å². The normalized spacial score (nSPS) is 27.8. The number of nitrogens with two attached hydrogens (primary N) is 1. The van der Waals surface area contributed by atoms with Crippen LogP contribution in [0.1, 0.15) is 58.8 Å². The molecule has 1 fully saturated rings. The van der Waals surface area contributed by atoms with Gasteiger partial charge in [-0.3, -0.25) is 0 Å². The molecule has 1 saturated carbocycles. The Labute approximate surface area is 112 Å². The first-order chi connectivity index (χ1) is 8.48. The van der Waals surface area contributed by atoms with E-state index in [9.17, 15) is 0 Å². The molecule has 0 amide bonds. The molecule has 1 atom stereocenters. The summed E-state index contributed by atoms with van der Waals surface area (Å²) in [6, 6.07) is 2.92. The van der Waals surface area contributed by atoms with Crippen molar-refractivity contribution in [2.75, 3.05) is 13.6 Å². The van der Waals surface area contributed by atoms with Crippen LogP contribution < -0.4 is 5.73 Å². The van der Waals surface area contributed by atoms with E-state index in [4.69, 9.17) is 11.0 Å². The topological polar surface area (TPSA) is 53.0 Å². The highest BCUT2D eigenvalue weighted by Gasteiger charge is 2.23. The number of hydrogen-bond donors (Lipinski definition) is 1. The second-order valence-electron chi connectivity index (χ2n) is 6.20. The Hall–Kier alpha value is -0.590. The molecular formula is C15H29N3. The molecule has 0 radical (unpaired) electrons. The Morgan fingerprint density at radius 3 is 2.44 bits per heavy atom. The average Bonchev–Trinajstić information content (AvgIpc) is 2.38. The summed E-state index contributed by atoms with van der Waals surface area (Å²) in [5.74, 6) is 0.959. The minimum Gasteiger partial charge on any atom is -0.314 e. The van der Waals surface area contributed by atoms with Crippen LogP contribution in [0.3, 0.4) is 0 Å². The van der Waals surface area contributed by atoms with E-state index < -0.39 is 5.54 Å². The summed E-state index contributed by atoms with van der Waals surface area (Å²) in [6.07, 6.45) is 8.60. The van der Waals surface area contributed by atoms with E-state index in [1.54, 1.807) is 0 Å². The average molecular weight is 251 g/mol. The Balaban J connectivity index is 2.22. The van der Waals surface area contributed by atoms with Gasteiger partial charge < -0.3 is 10.6 Å².